The maximum Gasteiger partial charge on any atom is 0.422 e. The topological polar surface area (TPSA) is 140 Å². The summed E-state index contributed by atoms with van der Waals surface area (Å²) in [5.41, 5.74) is 0.833. The van der Waals surface area contributed by atoms with Crippen molar-refractivity contribution in [3.8, 4) is 5.88 Å². The summed E-state index contributed by atoms with van der Waals surface area (Å²) in [5, 5.41) is 1.92. The van der Waals surface area contributed by atoms with Gasteiger partial charge in [0.05, 0.1) is 29.4 Å². The molecule has 0 saturated heterocycles. The van der Waals surface area contributed by atoms with Gasteiger partial charge in [0.2, 0.25) is 21.9 Å². The van der Waals surface area contributed by atoms with E-state index in [9.17, 15) is 35.2 Å². The van der Waals surface area contributed by atoms with Crippen LogP contribution in [-0.2, 0) is 15.6 Å². The highest BCUT2D eigenvalue weighted by Crippen LogP contribution is 2.38. The molecule has 3 N–H and O–H groups in total. The third-order valence-electron chi connectivity index (χ3n) is 4.75. The first kappa shape index (κ1) is 26.0. The second-order valence-corrected chi connectivity index (χ2v) is 9.47. The number of aliphatic imine (C=N–C) groups is 1. The molecule has 1 amide bonds. The summed E-state index contributed by atoms with van der Waals surface area (Å²) < 4.78 is 110. The van der Waals surface area contributed by atoms with Crippen molar-refractivity contribution in [2.24, 2.45) is 10.7 Å². The Labute approximate surface area is 193 Å². The number of anilines is 1. The number of hydrogen-bond acceptors (Lipinski definition) is 8. The maximum absolute atomic E-state index is 15.3. The lowest BCUT2D eigenvalue weighted by Crippen LogP contribution is -2.50. The average molecular weight is 526 g/mol. The third-order valence-corrected chi connectivity index (χ3v) is 6.70. The number of amides is 1. The van der Waals surface area contributed by atoms with Crippen molar-refractivity contribution in [1.82, 2.24) is 14.3 Å². The zero-order valence-corrected chi connectivity index (χ0v) is 18.6. The van der Waals surface area contributed by atoms with Gasteiger partial charge in [-0.05, 0) is 6.92 Å². The molecule has 1 aliphatic heterocycles. The Hall–Kier alpha value is -3.63. The zero-order chi connectivity index (χ0) is 26.3. The predicted octanol–water partition coefficient (Wildman–Crippen LogP) is 1.89. The number of nitrogens with one attached hydrogen (secondary N) is 1. The van der Waals surface area contributed by atoms with Crippen LogP contribution in [0.1, 0.15) is 23.0 Å². The summed E-state index contributed by atoms with van der Waals surface area (Å²) in [4.78, 5) is 23.2. The highest BCUT2D eigenvalue weighted by molar-refractivity contribution is 7.89. The third kappa shape index (κ3) is 5.39. The summed E-state index contributed by atoms with van der Waals surface area (Å²) in [6.45, 7) is -0.643. The number of hydrogen-bond donors (Lipinski definition) is 2. The highest BCUT2D eigenvalue weighted by Gasteiger charge is 2.44. The minimum Gasteiger partial charge on any atom is -0.467 e. The van der Waals surface area contributed by atoms with Crippen molar-refractivity contribution < 1.29 is 44.3 Å². The molecule has 10 nitrogen and oxygen atoms in total. The maximum atomic E-state index is 15.3. The largest absolute Gasteiger partial charge is 0.467 e. The first-order valence-corrected chi connectivity index (χ1v) is 11.0. The van der Waals surface area contributed by atoms with Gasteiger partial charge in [0.25, 0.3) is 5.91 Å². The molecule has 0 aliphatic carbocycles. The molecule has 2 aromatic rings. The van der Waals surface area contributed by atoms with E-state index in [2.05, 4.69) is 19.7 Å². The van der Waals surface area contributed by atoms with Gasteiger partial charge < -0.3 is 15.8 Å². The molecule has 0 radical (unpaired) electrons. The normalized spacial score (nSPS) is 19.8. The molecular weight excluding hydrogens is 510 g/mol. The first-order chi connectivity index (χ1) is 16.0. The summed E-state index contributed by atoms with van der Waals surface area (Å²) in [5.74, 6) is -8.24. The zero-order valence-electron chi connectivity index (χ0n) is 17.8. The van der Waals surface area contributed by atoms with E-state index in [0.29, 0.717) is 22.8 Å². The van der Waals surface area contributed by atoms with Crippen LogP contribution in [-0.4, -0.2) is 60.1 Å². The lowest BCUT2D eigenvalue weighted by molar-refractivity contribution is -0.154. The van der Waals surface area contributed by atoms with Gasteiger partial charge in [-0.3, -0.25) is 4.79 Å². The number of alkyl halides is 3. The lowest BCUT2D eigenvalue weighted by atomic mass is 9.92. The lowest BCUT2D eigenvalue weighted by Gasteiger charge is -2.35. The molecule has 1 aromatic carbocycles. The summed E-state index contributed by atoms with van der Waals surface area (Å²) in [6.07, 6.45) is -3.25. The number of sulfonamides is 1. The Bertz CT molecular complexity index is 1300. The molecule has 0 saturated carbocycles. The van der Waals surface area contributed by atoms with Crippen LogP contribution in [0.3, 0.4) is 0 Å². The number of guanidine groups is 1. The minimum atomic E-state index is -4.64. The van der Waals surface area contributed by atoms with E-state index in [1.54, 1.807) is 0 Å². The number of carbonyl (C=O) groups is 1. The van der Waals surface area contributed by atoms with Crippen molar-refractivity contribution in [3.63, 3.8) is 0 Å². The minimum absolute atomic E-state index is 0.306. The molecule has 1 atom stereocenters. The molecule has 0 bridgehead atoms. The average Bonchev–Trinajstić information content (AvgIpc) is 2.74. The number of ether oxygens (including phenoxy) is 1. The van der Waals surface area contributed by atoms with Crippen LogP contribution in [0.25, 0.3) is 0 Å². The van der Waals surface area contributed by atoms with Gasteiger partial charge in [-0.2, -0.15) is 13.2 Å². The number of carbonyl (C=O) groups excluding carboxylic acids is 1. The quantitative estimate of drug-likeness (QED) is 0.448. The van der Waals surface area contributed by atoms with E-state index in [4.69, 9.17) is 5.73 Å². The molecule has 190 valence electrons. The van der Waals surface area contributed by atoms with Gasteiger partial charge in [0, 0.05) is 13.1 Å². The number of rotatable bonds is 5. The molecule has 1 aliphatic rings. The molecule has 0 spiro atoms. The van der Waals surface area contributed by atoms with Gasteiger partial charge >= 0.3 is 6.18 Å². The highest BCUT2D eigenvalue weighted by atomic mass is 32.2. The van der Waals surface area contributed by atoms with Crippen LogP contribution in [0, 0.1) is 17.5 Å². The van der Waals surface area contributed by atoms with E-state index in [0.717, 1.165) is 14.0 Å². The number of nitrogens with two attached hydrogens (primary N) is 1. The van der Waals surface area contributed by atoms with Crippen LogP contribution in [0.4, 0.5) is 32.0 Å². The number of benzene rings is 1. The Balaban J connectivity index is 1.93. The fraction of sp³-hybridized carbons (Fsp3) is 0.333. The Morgan fingerprint density at radius 1 is 1.23 bits per heavy atom. The molecule has 1 aromatic heterocycles. The number of aromatic nitrogens is 2. The summed E-state index contributed by atoms with van der Waals surface area (Å²) >= 11 is 0. The van der Waals surface area contributed by atoms with Gasteiger partial charge in [0.1, 0.15) is 11.2 Å². The molecule has 17 heteroatoms. The van der Waals surface area contributed by atoms with Crippen molar-refractivity contribution in [2.45, 2.75) is 18.6 Å². The molecule has 3 rings (SSSR count). The molecule has 0 fully saturated rings. The van der Waals surface area contributed by atoms with Crippen molar-refractivity contribution in [1.29, 1.82) is 0 Å². The fourth-order valence-electron chi connectivity index (χ4n) is 3.10. The van der Waals surface area contributed by atoms with E-state index >= 15 is 4.39 Å². The molecule has 35 heavy (non-hydrogen) atoms. The van der Waals surface area contributed by atoms with Crippen LogP contribution in [0.2, 0.25) is 0 Å². The summed E-state index contributed by atoms with van der Waals surface area (Å²) in [6, 6.07) is 0.306. The SMILES string of the molecule is CN1C(N)=N[C@](C)(c2c(F)c(F)cc(NC(=O)c3cnc(OCC(F)(F)F)cn3)c2F)CS1(=O)=O. The molecule has 2 heterocycles. The van der Waals surface area contributed by atoms with E-state index < -0.39 is 86.2 Å². The smallest absolute Gasteiger partial charge is 0.422 e. The van der Waals surface area contributed by atoms with Crippen molar-refractivity contribution >= 4 is 27.6 Å². The first-order valence-electron chi connectivity index (χ1n) is 9.37. The monoisotopic (exact) mass is 526 g/mol. The van der Waals surface area contributed by atoms with Gasteiger partial charge in [0.15, 0.2) is 24.1 Å². The van der Waals surface area contributed by atoms with Gasteiger partial charge in [-0.15, -0.1) is 0 Å². The Morgan fingerprint density at radius 3 is 2.43 bits per heavy atom. The van der Waals surface area contributed by atoms with Crippen LogP contribution < -0.4 is 15.8 Å². The van der Waals surface area contributed by atoms with E-state index in [-0.39, 0.29) is 0 Å². The second kappa shape index (κ2) is 8.86. The second-order valence-electron chi connectivity index (χ2n) is 7.47. The summed E-state index contributed by atoms with van der Waals surface area (Å²) in [7, 11) is -3.11. The Kier molecular flexibility index (Phi) is 6.58. The van der Waals surface area contributed by atoms with Crippen LogP contribution in [0.5, 0.6) is 5.88 Å². The standard InChI is InChI=1S/C18H16F6N6O4S/c1-17(7-35(32,33)30(2)16(25)29-17)12-13(20)8(19)3-9(14(12)21)28-15(31)10-4-27-11(5-26-10)34-6-18(22,23)24/h3-5H,6-7H2,1-2H3,(H2,25,29)(H,28,31)/t17-/m0/s1. The van der Waals surface area contributed by atoms with Crippen molar-refractivity contribution in [2.75, 3.05) is 24.7 Å². The van der Waals surface area contributed by atoms with Crippen LogP contribution >= 0.6 is 0 Å². The number of halogens is 6. The Morgan fingerprint density at radius 2 is 1.89 bits per heavy atom. The van der Waals surface area contributed by atoms with E-state index in [1.165, 1.54) is 0 Å². The van der Waals surface area contributed by atoms with Crippen molar-refractivity contribution in [3.05, 3.63) is 47.2 Å². The molecular formula is C18H16F6N6O4S. The fourth-order valence-corrected chi connectivity index (χ4v) is 4.53. The van der Waals surface area contributed by atoms with E-state index in [1.807, 2.05) is 5.32 Å². The predicted molar refractivity (Wildman–Crippen MR) is 108 cm³/mol. The van der Waals surface area contributed by atoms with Gasteiger partial charge in [-0.25, -0.2) is 40.9 Å². The molecule has 0 unspecified atom stereocenters. The van der Waals surface area contributed by atoms with Gasteiger partial charge in [-0.1, -0.05) is 0 Å². The van der Waals surface area contributed by atoms with Crippen LogP contribution in [0.15, 0.2) is 23.5 Å². The number of nitrogens with zero attached hydrogens (tertiary/aromatic N) is 4.